The molecule has 1 saturated carbocycles. The summed E-state index contributed by atoms with van der Waals surface area (Å²) >= 11 is 0. The maximum atomic E-state index is 4.49. The van der Waals surface area contributed by atoms with Crippen LogP contribution in [0, 0.1) is 11.8 Å². The zero-order valence-electron chi connectivity index (χ0n) is 13.1. The summed E-state index contributed by atoms with van der Waals surface area (Å²) < 4.78 is 2.10. The SMILES string of the molecule is CCCNCC1CCCCC1Cc1ncnn1CCC. The molecule has 2 unspecified atom stereocenters. The van der Waals surface area contributed by atoms with Crippen molar-refractivity contribution < 1.29 is 0 Å². The van der Waals surface area contributed by atoms with Crippen molar-refractivity contribution in [2.24, 2.45) is 11.8 Å². The highest BCUT2D eigenvalue weighted by molar-refractivity contribution is 4.91. The third-order valence-electron chi connectivity index (χ3n) is 4.48. The normalized spacial score (nSPS) is 23.1. The molecule has 0 bridgehead atoms. The van der Waals surface area contributed by atoms with Gasteiger partial charge in [0.25, 0.3) is 0 Å². The summed E-state index contributed by atoms with van der Waals surface area (Å²) in [7, 11) is 0. The quantitative estimate of drug-likeness (QED) is 0.743. The molecule has 0 amide bonds. The van der Waals surface area contributed by atoms with Crippen LogP contribution in [0.3, 0.4) is 0 Å². The van der Waals surface area contributed by atoms with Crippen LogP contribution in [-0.4, -0.2) is 27.9 Å². The molecule has 1 aliphatic rings. The van der Waals surface area contributed by atoms with Crippen LogP contribution in [0.1, 0.15) is 58.2 Å². The van der Waals surface area contributed by atoms with E-state index in [0.717, 1.165) is 37.8 Å². The summed E-state index contributed by atoms with van der Waals surface area (Å²) in [5.74, 6) is 2.80. The van der Waals surface area contributed by atoms with Crippen molar-refractivity contribution in [2.75, 3.05) is 13.1 Å². The van der Waals surface area contributed by atoms with Crippen LogP contribution >= 0.6 is 0 Å². The summed E-state index contributed by atoms with van der Waals surface area (Å²) in [5.41, 5.74) is 0. The topological polar surface area (TPSA) is 42.7 Å². The van der Waals surface area contributed by atoms with Crippen LogP contribution in [0.15, 0.2) is 6.33 Å². The molecular formula is C16H30N4. The molecule has 1 aliphatic carbocycles. The standard InChI is InChI=1S/C16H30N4/c1-3-9-17-12-15-8-6-5-7-14(15)11-16-18-13-19-20(16)10-4-2/h13-15,17H,3-12H2,1-2H3. The summed E-state index contributed by atoms with van der Waals surface area (Å²) in [6.45, 7) is 7.76. The lowest BCUT2D eigenvalue weighted by atomic mass is 9.77. The zero-order chi connectivity index (χ0) is 14.2. The van der Waals surface area contributed by atoms with E-state index in [1.165, 1.54) is 44.5 Å². The number of aromatic nitrogens is 3. The van der Waals surface area contributed by atoms with Crippen LogP contribution in [0.4, 0.5) is 0 Å². The van der Waals surface area contributed by atoms with Gasteiger partial charge in [-0.2, -0.15) is 5.10 Å². The van der Waals surface area contributed by atoms with Gasteiger partial charge in [-0.3, -0.25) is 4.68 Å². The third-order valence-corrected chi connectivity index (χ3v) is 4.48. The van der Waals surface area contributed by atoms with Crippen LogP contribution in [0.5, 0.6) is 0 Å². The van der Waals surface area contributed by atoms with Gasteiger partial charge in [-0.1, -0.05) is 26.7 Å². The Labute approximate surface area is 123 Å². The number of rotatable bonds is 8. The molecule has 20 heavy (non-hydrogen) atoms. The zero-order valence-corrected chi connectivity index (χ0v) is 13.1. The Kier molecular flexibility index (Phi) is 6.51. The van der Waals surface area contributed by atoms with Crippen molar-refractivity contribution in [1.82, 2.24) is 20.1 Å². The second-order valence-electron chi connectivity index (χ2n) is 6.11. The fourth-order valence-electron chi connectivity index (χ4n) is 3.37. The summed E-state index contributed by atoms with van der Waals surface area (Å²) in [4.78, 5) is 4.49. The molecule has 0 spiro atoms. The Balaban J connectivity index is 1.92. The van der Waals surface area contributed by atoms with Gasteiger partial charge in [0.1, 0.15) is 12.2 Å². The van der Waals surface area contributed by atoms with Gasteiger partial charge in [0.15, 0.2) is 0 Å². The molecule has 4 heteroatoms. The smallest absolute Gasteiger partial charge is 0.138 e. The summed E-state index contributed by atoms with van der Waals surface area (Å²) in [6.07, 6.45) is 10.7. The van der Waals surface area contributed by atoms with E-state index < -0.39 is 0 Å². The molecule has 4 nitrogen and oxygen atoms in total. The lowest BCUT2D eigenvalue weighted by Crippen LogP contribution is -2.32. The van der Waals surface area contributed by atoms with E-state index in [2.05, 4.69) is 33.9 Å². The minimum Gasteiger partial charge on any atom is -0.316 e. The molecule has 1 heterocycles. The molecule has 0 saturated heterocycles. The first-order valence-electron chi connectivity index (χ1n) is 8.42. The van der Waals surface area contributed by atoms with Crippen molar-refractivity contribution in [1.29, 1.82) is 0 Å². The number of hydrogen-bond donors (Lipinski definition) is 1. The highest BCUT2D eigenvalue weighted by Crippen LogP contribution is 2.31. The highest BCUT2D eigenvalue weighted by Gasteiger charge is 2.26. The average molecular weight is 278 g/mol. The maximum absolute atomic E-state index is 4.49. The van der Waals surface area contributed by atoms with E-state index in [4.69, 9.17) is 0 Å². The predicted molar refractivity (Wildman–Crippen MR) is 82.6 cm³/mol. The fraction of sp³-hybridized carbons (Fsp3) is 0.875. The molecular weight excluding hydrogens is 248 g/mol. The summed E-state index contributed by atoms with van der Waals surface area (Å²) in [5, 5.41) is 7.97. The van der Waals surface area contributed by atoms with Gasteiger partial charge in [-0.15, -0.1) is 0 Å². The molecule has 1 aromatic rings. The number of nitrogens with zero attached hydrogens (tertiary/aromatic N) is 3. The first-order chi connectivity index (χ1) is 9.85. The fourth-order valence-corrected chi connectivity index (χ4v) is 3.37. The van der Waals surface area contributed by atoms with Crippen molar-refractivity contribution in [3.63, 3.8) is 0 Å². The molecule has 1 fully saturated rings. The van der Waals surface area contributed by atoms with Crippen molar-refractivity contribution in [3.05, 3.63) is 12.2 Å². The predicted octanol–water partition coefficient (Wildman–Crippen LogP) is 3.04. The molecule has 114 valence electrons. The minimum atomic E-state index is 0.785. The van der Waals surface area contributed by atoms with Gasteiger partial charge in [0.05, 0.1) is 0 Å². The van der Waals surface area contributed by atoms with Gasteiger partial charge >= 0.3 is 0 Å². The Morgan fingerprint density at radius 1 is 1.20 bits per heavy atom. The largest absolute Gasteiger partial charge is 0.316 e. The molecule has 0 aliphatic heterocycles. The van der Waals surface area contributed by atoms with E-state index in [-0.39, 0.29) is 0 Å². The van der Waals surface area contributed by atoms with Gasteiger partial charge in [-0.05, 0) is 50.6 Å². The van der Waals surface area contributed by atoms with Crippen molar-refractivity contribution in [2.45, 2.75) is 65.3 Å². The average Bonchev–Trinajstić information content (AvgIpc) is 2.89. The van der Waals surface area contributed by atoms with E-state index >= 15 is 0 Å². The molecule has 1 aromatic heterocycles. The van der Waals surface area contributed by atoms with E-state index in [0.29, 0.717) is 0 Å². The van der Waals surface area contributed by atoms with Crippen LogP contribution in [0.2, 0.25) is 0 Å². The molecule has 1 N–H and O–H groups in total. The van der Waals surface area contributed by atoms with Crippen LogP contribution < -0.4 is 5.32 Å². The Hall–Kier alpha value is -0.900. The first kappa shape index (κ1) is 15.5. The van der Waals surface area contributed by atoms with E-state index in [9.17, 15) is 0 Å². The highest BCUT2D eigenvalue weighted by atomic mass is 15.3. The Morgan fingerprint density at radius 2 is 2.00 bits per heavy atom. The van der Waals surface area contributed by atoms with Gasteiger partial charge < -0.3 is 5.32 Å². The van der Waals surface area contributed by atoms with Gasteiger partial charge in [0.2, 0.25) is 0 Å². The monoisotopic (exact) mass is 278 g/mol. The van der Waals surface area contributed by atoms with Gasteiger partial charge in [-0.25, -0.2) is 4.98 Å². The van der Waals surface area contributed by atoms with Crippen molar-refractivity contribution in [3.8, 4) is 0 Å². The molecule has 0 radical (unpaired) electrons. The van der Waals surface area contributed by atoms with Crippen molar-refractivity contribution >= 4 is 0 Å². The van der Waals surface area contributed by atoms with Gasteiger partial charge in [0, 0.05) is 13.0 Å². The Bertz CT molecular complexity index is 374. The minimum absolute atomic E-state index is 0.785. The molecule has 2 atom stereocenters. The second-order valence-corrected chi connectivity index (χ2v) is 6.11. The Morgan fingerprint density at radius 3 is 2.75 bits per heavy atom. The number of aryl methyl sites for hydroxylation is 1. The molecule has 0 aromatic carbocycles. The summed E-state index contributed by atoms with van der Waals surface area (Å²) in [6, 6.07) is 0. The number of nitrogens with one attached hydrogen (secondary N) is 1. The lowest BCUT2D eigenvalue weighted by Gasteiger charge is -2.31. The van der Waals surface area contributed by atoms with E-state index in [1.807, 2.05) is 0 Å². The third kappa shape index (κ3) is 4.30. The lowest BCUT2D eigenvalue weighted by molar-refractivity contribution is 0.223. The first-order valence-corrected chi connectivity index (χ1v) is 8.42. The van der Waals surface area contributed by atoms with Crippen LogP contribution in [-0.2, 0) is 13.0 Å². The van der Waals surface area contributed by atoms with E-state index in [1.54, 1.807) is 6.33 Å². The number of hydrogen-bond acceptors (Lipinski definition) is 3. The van der Waals surface area contributed by atoms with Crippen LogP contribution in [0.25, 0.3) is 0 Å². The maximum Gasteiger partial charge on any atom is 0.138 e. The second kappa shape index (κ2) is 8.40. The molecule has 2 rings (SSSR count).